The van der Waals surface area contributed by atoms with Crippen LogP contribution < -0.4 is 20.1 Å². The van der Waals surface area contributed by atoms with Crippen molar-refractivity contribution in [2.45, 2.75) is 19.9 Å². The fourth-order valence-electron chi connectivity index (χ4n) is 2.50. The third-order valence-electron chi connectivity index (χ3n) is 3.79. The normalized spacial score (nSPS) is 14.0. The molecule has 0 saturated heterocycles. The molecule has 0 aliphatic carbocycles. The van der Waals surface area contributed by atoms with Crippen molar-refractivity contribution >= 4 is 17.5 Å². The van der Waals surface area contributed by atoms with Crippen LogP contribution in [0, 0.1) is 5.92 Å². The molecule has 132 valence electrons. The Morgan fingerprint density at radius 3 is 2.52 bits per heavy atom. The van der Waals surface area contributed by atoms with Crippen LogP contribution in [-0.2, 0) is 4.79 Å². The molecule has 0 unspecified atom stereocenters. The first kappa shape index (κ1) is 16.9. The number of carbonyl (C=O) groups excluding carboxylic acids is 2. The average Bonchev–Trinajstić information content (AvgIpc) is 3.13. The molecule has 1 aliphatic heterocycles. The molecule has 0 fully saturated rings. The van der Waals surface area contributed by atoms with Gasteiger partial charge in [-0.1, -0.05) is 13.8 Å². The molecule has 1 aromatic carbocycles. The van der Waals surface area contributed by atoms with Crippen molar-refractivity contribution in [2.24, 2.45) is 5.92 Å². The van der Waals surface area contributed by atoms with Gasteiger partial charge in [-0.25, -0.2) is 0 Å². The smallest absolute Gasteiger partial charge is 0.287 e. The molecule has 1 aliphatic rings. The van der Waals surface area contributed by atoms with E-state index >= 15 is 0 Å². The van der Waals surface area contributed by atoms with Crippen LogP contribution in [0.1, 0.15) is 24.4 Å². The standard InChI is InChI=1S/C18H20N2O5/c1-11(2)16(20-17(21)14-4-3-7-23-14)18(22)19-12-5-6-13-15(10-12)25-9-8-24-13/h3-7,10-11,16H,8-9H2,1-2H3,(H,19,22)(H,20,21)/t16-/m0/s1. The lowest BCUT2D eigenvalue weighted by molar-refractivity contribution is -0.118. The average molecular weight is 344 g/mol. The van der Waals surface area contributed by atoms with Crippen LogP contribution in [0.3, 0.4) is 0 Å². The number of hydrogen-bond donors (Lipinski definition) is 2. The molecule has 7 heteroatoms. The van der Waals surface area contributed by atoms with Gasteiger partial charge in [0.1, 0.15) is 19.3 Å². The van der Waals surface area contributed by atoms with Crippen molar-refractivity contribution in [3.8, 4) is 11.5 Å². The molecule has 0 spiro atoms. The zero-order chi connectivity index (χ0) is 17.8. The summed E-state index contributed by atoms with van der Waals surface area (Å²) in [6, 6.07) is 7.65. The molecule has 2 N–H and O–H groups in total. The Balaban J connectivity index is 1.69. The van der Waals surface area contributed by atoms with Crippen LogP contribution >= 0.6 is 0 Å². The minimum absolute atomic E-state index is 0.101. The van der Waals surface area contributed by atoms with E-state index in [4.69, 9.17) is 13.9 Å². The number of anilines is 1. The first-order valence-corrected chi connectivity index (χ1v) is 8.09. The maximum atomic E-state index is 12.6. The topological polar surface area (TPSA) is 89.8 Å². The number of ether oxygens (including phenoxy) is 2. The number of amides is 2. The Hall–Kier alpha value is -2.96. The SMILES string of the molecule is CC(C)[C@H](NC(=O)c1ccco1)C(=O)Nc1ccc2c(c1)OCCO2. The number of carbonyl (C=O) groups is 2. The summed E-state index contributed by atoms with van der Waals surface area (Å²) in [4.78, 5) is 24.7. The van der Waals surface area contributed by atoms with Crippen LogP contribution in [0.2, 0.25) is 0 Å². The van der Waals surface area contributed by atoms with Gasteiger partial charge in [-0.05, 0) is 30.2 Å². The Bertz CT molecular complexity index is 755. The van der Waals surface area contributed by atoms with Gasteiger partial charge in [0.05, 0.1) is 6.26 Å². The van der Waals surface area contributed by atoms with Gasteiger partial charge >= 0.3 is 0 Å². The lowest BCUT2D eigenvalue weighted by Crippen LogP contribution is -2.47. The monoisotopic (exact) mass is 344 g/mol. The molecular weight excluding hydrogens is 324 g/mol. The zero-order valence-corrected chi connectivity index (χ0v) is 14.1. The van der Waals surface area contributed by atoms with E-state index in [1.165, 1.54) is 6.26 Å². The fourth-order valence-corrected chi connectivity index (χ4v) is 2.50. The Morgan fingerprint density at radius 1 is 1.08 bits per heavy atom. The molecule has 0 radical (unpaired) electrons. The minimum atomic E-state index is -0.703. The van der Waals surface area contributed by atoms with E-state index < -0.39 is 11.9 Å². The lowest BCUT2D eigenvalue weighted by atomic mass is 10.0. The summed E-state index contributed by atoms with van der Waals surface area (Å²) in [7, 11) is 0. The predicted molar refractivity (Wildman–Crippen MR) is 90.9 cm³/mol. The highest BCUT2D eigenvalue weighted by Crippen LogP contribution is 2.32. The molecular formula is C18H20N2O5. The van der Waals surface area contributed by atoms with Gasteiger partial charge in [-0.2, -0.15) is 0 Å². The van der Waals surface area contributed by atoms with Crippen molar-refractivity contribution in [2.75, 3.05) is 18.5 Å². The van der Waals surface area contributed by atoms with E-state index in [-0.39, 0.29) is 17.6 Å². The molecule has 2 amide bonds. The third kappa shape index (κ3) is 3.93. The van der Waals surface area contributed by atoms with E-state index in [1.807, 2.05) is 13.8 Å². The molecule has 7 nitrogen and oxygen atoms in total. The first-order valence-electron chi connectivity index (χ1n) is 8.09. The van der Waals surface area contributed by atoms with E-state index in [2.05, 4.69) is 10.6 Å². The highest BCUT2D eigenvalue weighted by Gasteiger charge is 2.26. The molecule has 1 aromatic heterocycles. The summed E-state index contributed by atoms with van der Waals surface area (Å²) < 4.78 is 16.0. The summed E-state index contributed by atoms with van der Waals surface area (Å²) in [5.74, 6) is 0.557. The van der Waals surface area contributed by atoms with Gasteiger partial charge in [0.15, 0.2) is 17.3 Å². The van der Waals surface area contributed by atoms with Crippen molar-refractivity contribution in [3.05, 3.63) is 42.4 Å². The van der Waals surface area contributed by atoms with E-state index in [1.54, 1.807) is 30.3 Å². The highest BCUT2D eigenvalue weighted by atomic mass is 16.6. The second-order valence-electron chi connectivity index (χ2n) is 6.02. The van der Waals surface area contributed by atoms with E-state index in [9.17, 15) is 9.59 Å². The van der Waals surface area contributed by atoms with Gasteiger partial charge < -0.3 is 24.5 Å². The highest BCUT2D eigenvalue weighted by molar-refractivity contribution is 6.00. The molecule has 3 rings (SSSR count). The van der Waals surface area contributed by atoms with Crippen molar-refractivity contribution in [3.63, 3.8) is 0 Å². The minimum Gasteiger partial charge on any atom is -0.486 e. The Kier molecular flexibility index (Phi) is 4.92. The maximum absolute atomic E-state index is 12.6. The molecule has 0 bridgehead atoms. The number of benzene rings is 1. The maximum Gasteiger partial charge on any atom is 0.287 e. The summed E-state index contributed by atoms with van der Waals surface area (Å²) in [6.07, 6.45) is 1.41. The van der Waals surface area contributed by atoms with E-state index in [0.717, 1.165) is 0 Å². The largest absolute Gasteiger partial charge is 0.486 e. The molecule has 1 atom stereocenters. The number of nitrogens with one attached hydrogen (secondary N) is 2. The Labute approximate surface area is 145 Å². The predicted octanol–water partition coefficient (Wildman–Crippen LogP) is 2.44. The van der Waals surface area contributed by atoms with Gasteiger partial charge in [0.25, 0.3) is 5.91 Å². The second kappa shape index (κ2) is 7.29. The molecule has 2 heterocycles. The van der Waals surface area contributed by atoms with Crippen LogP contribution in [-0.4, -0.2) is 31.1 Å². The third-order valence-corrected chi connectivity index (χ3v) is 3.79. The quantitative estimate of drug-likeness (QED) is 0.869. The lowest BCUT2D eigenvalue weighted by Gasteiger charge is -2.22. The number of furan rings is 1. The van der Waals surface area contributed by atoms with Gasteiger partial charge in [0, 0.05) is 11.8 Å². The molecule has 0 saturated carbocycles. The van der Waals surface area contributed by atoms with Crippen LogP contribution in [0.4, 0.5) is 5.69 Å². The van der Waals surface area contributed by atoms with Crippen molar-refractivity contribution in [1.82, 2.24) is 5.32 Å². The summed E-state index contributed by atoms with van der Waals surface area (Å²) in [5, 5.41) is 5.50. The summed E-state index contributed by atoms with van der Waals surface area (Å²) in [5.41, 5.74) is 0.576. The van der Waals surface area contributed by atoms with Crippen molar-refractivity contribution in [1.29, 1.82) is 0 Å². The van der Waals surface area contributed by atoms with Gasteiger partial charge in [-0.3, -0.25) is 9.59 Å². The number of fused-ring (bicyclic) bond motifs is 1. The van der Waals surface area contributed by atoms with Gasteiger partial charge in [-0.15, -0.1) is 0 Å². The number of rotatable bonds is 5. The fraction of sp³-hybridized carbons (Fsp3) is 0.333. The van der Waals surface area contributed by atoms with E-state index in [0.29, 0.717) is 30.4 Å². The van der Waals surface area contributed by atoms with Crippen LogP contribution in [0.15, 0.2) is 41.0 Å². The summed E-state index contributed by atoms with van der Waals surface area (Å²) in [6.45, 7) is 4.69. The zero-order valence-electron chi connectivity index (χ0n) is 14.1. The number of hydrogen-bond acceptors (Lipinski definition) is 5. The van der Waals surface area contributed by atoms with Crippen LogP contribution in [0.5, 0.6) is 11.5 Å². The van der Waals surface area contributed by atoms with Crippen LogP contribution in [0.25, 0.3) is 0 Å². The van der Waals surface area contributed by atoms with Crippen molar-refractivity contribution < 1.29 is 23.5 Å². The molecule has 2 aromatic rings. The first-order chi connectivity index (χ1) is 12.0. The summed E-state index contributed by atoms with van der Waals surface area (Å²) >= 11 is 0. The van der Waals surface area contributed by atoms with Gasteiger partial charge in [0.2, 0.25) is 5.91 Å². The Morgan fingerprint density at radius 2 is 1.84 bits per heavy atom. The second-order valence-corrected chi connectivity index (χ2v) is 6.02. The molecule has 25 heavy (non-hydrogen) atoms.